The highest BCUT2D eigenvalue weighted by Crippen LogP contribution is 2.34. The Morgan fingerprint density at radius 2 is 1.95 bits per heavy atom. The van der Waals surface area contributed by atoms with Crippen LogP contribution in [0, 0.1) is 0 Å². The lowest BCUT2D eigenvalue weighted by Crippen LogP contribution is -2.26. The van der Waals surface area contributed by atoms with Gasteiger partial charge in [-0.3, -0.25) is 0 Å². The quantitative estimate of drug-likeness (QED) is 0.910. The molecule has 108 valence electrons. The fourth-order valence-corrected chi connectivity index (χ4v) is 2.92. The van der Waals surface area contributed by atoms with Crippen molar-refractivity contribution >= 4 is 5.82 Å². The molecule has 1 saturated carbocycles. The molecule has 4 heteroatoms. The Labute approximate surface area is 116 Å². The highest BCUT2D eigenvalue weighted by Gasteiger charge is 2.26. The second kappa shape index (κ2) is 5.53. The number of methoxy groups -OCH3 is 1. The van der Waals surface area contributed by atoms with Crippen LogP contribution in [0.15, 0.2) is 0 Å². The van der Waals surface area contributed by atoms with Gasteiger partial charge in [0, 0.05) is 26.5 Å². The SMILES string of the molecule is COC(C)(C)Cc1nc(C2CCCCC2)n(C)c1N. The van der Waals surface area contributed by atoms with Gasteiger partial charge in [-0.05, 0) is 26.7 Å². The van der Waals surface area contributed by atoms with Crippen molar-refractivity contribution < 1.29 is 4.74 Å². The van der Waals surface area contributed by atoms with Gasteiger partial charge in [0.15, 0.2) is 0 Å². The standard InChI is InChI=1S/C15H27N3O/c1-15(2,19-4)10-12-13(16)18(3)14(17-12)11-8-6-5-7-9-11/h11H,5-10,16H2,1-4H3. The molecule has 4 nitrogen and oxygen atoms in total. The second-order valence-electron chi connectivity index (χ2n) is 6.34. The van der Waals surface area contributed by atoms with E-state index in [1.54, 1.807) is 7.11 Å². The first kappa shape index (κ1) is 14.4. The van der Waals surface area contributed by atoms with Gasteiger partial charge in [0.25, 0.3) is 0 Å². The van der Waals surface area contributed by atoms with Gasteiger partial charge in [-0.25, -0.2) is 4.98 Å². The fourth-order valence-electron chi connectivity index (χ4n) is 2.92. The summed E-state index contributed by atoms with van der Waals surface area (Å²) in [5.41, 5.74) is 6.98. The zero-order chi connectivity index (χ0) is 14.0. The molecule has 1 aromatic rings. The van der Waals surface area contributed by atoms with Crippen LogP contribution in [0.25, 0.3) is 0 Å². The summed E-state index contributed by atoms with van der Waals surface area (Å²) >= 11 is 0. The number of nitrogens with zero attached hydrogens (tertiary/aromatic N) is 2. The molecule has 0 atom stereocenters. The normalized spacial score (nSPS) is 17.9. The minimum absolute atomic E-state index is 0.216. The van der Waals surface area contributed by atoms with Crippen LogP contribution in [0.5, 0.6) is 0 Å². The molecule has 2 N–H and O–H groups in total. The summed E-state index contributed by atoms with van der Waals surface area (Å²) < 4.78 is 7.57. The van der Waals surface area contributed by atoms with E-state index < -0.39 is 0 Å². The van der Waals surface area contributed by atoms with Crippen molar-refractivity contribution in [3.05, 3.63) is 11.5 Å². The van der Waals surface area contributed by atoms with Gasteiger partial charge in [-0.1, -0.05) is 19.3 Å². The van der Waals surface area contributed by atoms with Crippen LogP contribution in [0.4, 0.5) is 5.82 Å². The molecule has 0 bridgehead atoms. The summed E-state index contributed by atoms with van der Waals surface area (Å²) in [5.74, 6) is 2.55. The number of anilines is 1. The Morgan fingerprint density at radius 3 is 2.53 bits per heavy atom. The van der Waals surface area contributed by atoms with E-state index in [1.165, 1.54) is 37.9 Å². The van der Waals surface area contributed by atoms with Crippen LogP contribution in [0.3, 0.4) is 0 Å². The van der Waals surface area contributed by atoms with Crippen molar-refractivity contribution in [3.63, 3.8) is 0 Å². The van der Waals surface area contributed by atoms with Crippen LogP contribution < -0.4 is 5.73 Å². The molecular weight excluding hydrogens is 238 g/mol. The Bertz CT molecular complexity index is 431. The summed E-state index contributed by atoms with van der Waals surface area (Å²) in [6.45, 7) is 4.14. The third-order valence-corrected chi connectivity index (χ3v) is 4.37. The highest BCUT2D eigenvalue weighted by molar-refractivity contribution is 5.39. The molecule has 2 rings (SSSR count). The molecule has 0 radical (unpaired) electrons. The first-order valence-corrected chi connectivity index (χ1v) is 7.30. The smallest absolute Gasteiger partial charge is 0.126 e. The monoisotopic (exact) mass is 265 g/mol. The van der Waals surface area contributed by atoms with Gasteiger partial charge in [-0.15, -0.1) is 0 Å². The summed E-state index contributed by atoms with van der Waals surface area (Å²) in [5, 5.41) is 0. The molecule has 1 aliphatic rings. The number of imidazole rings is 1. The predicted molar refractivity (Wildman–Crippen MR) is 78.2 cm³/mol. The number of hydrogen-bond donors (Lipinski definition) is 1. The zero-order valence-corrected chi connectivity index (χ0v) is 12.7. The minimum atomic E-state index is -0.216. The Balaban J connectivity index is 2.22. The molecule has 0 aliphatic heterocycles. The van der Waals surface area contributed by atoms with Crippen LogP contribution in [-0.2, 0) is 18.2 Å². The Morgan fingerprint density at radius 1 is 1.32 bits per heavy atom. The van der Waals surface area contributed by atoms with Gasteiger partial charge in [0.05, 0.1) is 11.3 Å². The lowest BCUT2D eigenvalue weighted by Gasteiger charge is -2.22. The lowest BCUT2D eigenvalue weighted by molar-refractivity contribution is 0.0226. The maximum Gasteiger partial charge on any atom is 0.126 e. The van der Waals surface area contributed by atoms with Gasteiger partial charge in [0.2, 0.25) is 0 Å². The third-order valence-electron chi connectivity index (χ3n) is 4.37. The first-order chi connectivity index (χ1) is 8.94. The van der Waals surface area contributed by atoms with Crippen molar-refractivity contribution in [2.75, 3.05) is 12.8 Å². The average Bonchev–Trinajstić information content (AvgIpc) is 2.68. The topological polar surface area (TPSA) is 53.1 Å². The summed E-state index contributed by atoms with van der Waals surface area (Å²) in [7, 11) is 3.77. The Kier molecular flexibility index (Phi) is 4.19. The number of ether oxygens (including phenoxy) is 1. The van der Waals surface area contributed by atoms with Crippen LogP contribution in [-0.4, -0.2) is 22.3 Å². The van der Waals surface area contributed by atoms with Crippen molar-refractivity contribution in [1.82, 2.24) is 9.55 Å². The number of nitrogen functional groups attached to an aromatic ring is 1. The van der Waals surface area contributed by atoms with Crippen molar-refractivity contribution in [2.24, 2.45) is 7.05 Å². The molecular formula is C15H27N3O. The maximum atomic E-state index is 6.22. The third kappa shape index (κ3) is 3.11. The molecule has 0 spiro atoms. The summed E-state index contributed by atoms with van der Waals surface area (Å²) in [4.78, 5) is 4.82. The molecule has 1 heterocycles. The van der Waals surface area contributed by atoms with E-state index in [-0.39, 0.29) is 5.60 Å². The largest absolute Gasteiger partial charge is 0.384 e. The number of rotatable bonds is 4. The second-order valence-corrected chi connectivity index (χ2v) is 6.34. The molecule has 1 aliphatic carbocycles. The van der Waals surface area contributed by atoms with Gasteiger partial charge in [-0.2, -0.15) is 0 Å². The molecule has 0 saturated heterocycles. The van der Waals surface area contributed by atoms with Crippen LogP contribution >= 0.6 is 0 Å². The van der Waals surface area contributed by atoms with E-state index in [0.29, 0.717) is 5.92 Å². The van der Waals surface area contributed by atoms with E-state index >= 15 is 0 Å². The molecule has 0 amide bonds. The summed E-state index contributed by atoms with van der Waals surface area (Å²) in [6, 6.07) is 0. The molecule has 1 aromatic heterocycles. The lowest BCUT2D eigenvalue weighted by atomic mass is 9.89. The van der Waals surface area contributed by atoms with E-state index in [9.17, 15) is 0 Å². The average molecular weight is 265 g/mol. The zero-order valence-electron chi connectivity index (χ0n) is 12.7. The van der Waals surface area contributed by atoms with Gasteiger partial charge >= 0.3 is 0 Å². The van der Waals surface area contributed by atoms with Crippen LogP contribution in [0.2, 0.25) is 0 Å². The van der Waals surface area contributed by atoms with E-state index in [2.05, 4.69) is 18.4 Å². The fraction of sp³-hybridized carbons (Fsp3) is 0.800. The van der Waals surface area contributed by atoms with Gasteiger partial charge < -0.3 is 15.0 Å². The van der Waals surface area contributed by atoms with Crippen LogP contribution in [0.1, 0.15) is 63.4 Å². The number of aromatic nitrogens is 2. The first-order valence-electron chi connectivity index (χ1n) is 7.30. The van der Waals surface area contributed by atoms with E-state index in [4.69, 9.17) is 15.5 Å². The maximum absolute atomic E-state index is 6.22. The van der Waals surface area contributed by atoms with E-state index in [1.807, 2.05) is 7.05 Å². The molecule has 1 fully saturated rings. The summed E-state index contributed by atoms with van der Waals surface area (Å²) in [6.07, 6.45) is 7.25. The minimum Gasteiger partial charge on any atom is -0.384 e. The van der Waals surface area contributed by atoms with E-state index in [0.717, 1.165) is 17.9 Å². The van der Waals surface area contributed by atoms with Gasteiger partial charge in [0.1, 0.15) is 11.6 Å². The van der Waals surface area contributed by atoms with Crippen molar-refractivity contribution in [3.8, 4) is 0 Å². The molecule has 0 unspecified atom stereocenters. The Hall–Kier alpha value is -1.03. The highest BCUT2D eigenvalue weighted by atomic mass is 16.5. The molecule has 19 heavy (non-hydrogen) atoms. The van der Waals surface area contributed by atoms with Crippen molar-refractivity contribution in [2.45, 2.75) is 63.9 Å². The number of nitrogens with two attached hydrogens (primary N) is 1. The van der Waals surface area contributed by atoms with Crippen molar-refractivity contribution in [1.29, 1.82) is 0 Å². The number of hydrogen-bond acceptors (Lipinski definition) is 3. The molecule has 0 aromatic carbocycles. The predicted octanol–water partition coefficient (Wildman–Crippen LogP) is 3.02.